The maximum absolute atomic E-state index is 10.7. The molecule has 1 heterocycles. The largest absolute Gasteiger partial charge is 0.464 e. The van der Waals surface area contributed by atoms with Gasteiger partial charge in [0.25, 0.3) is 0 Å². The topological polar surface area (TPSA) is 59.1 Å². The minimum absolute atomic E-state index is 0.108. The second-order valence-corrected chi connectivity index (χ2v) is 2.03. The standard InChI is InChI=1S/C6H10O4/c1-2-9-6(8)5-4(3-7)10-5/h4-5,7H,2-3H2,1H3/t4-,5+/m0/s1. The van der Waals surface area contributed by atoms with Crippen LogP contribution in [0.5, 0.6) is 0 Å². The fourth-order valence-electron chi connectivity index (χ4n) is 0.713. The predicted molar refractivity (Wildman–Crippen MR) is 32.4 cm³/mol. The van der Waals surface area contributed by atoms with Crippen molar-refractivity contribution < 1.29 is 19.4 Å². The van der Waals surface area contributed by atoms with Gasteiger partial charge in [-0.3, -0.25) is 0 Å². The van der Waals surface area contributed by atoms with Crippen LogP contribution in [0, 0.1) is 0 Å². The lowest BCUT2D eigenvalue weighted by atomic mass is 10.3. The van der Waals surface area contributed by atoms with Gasteiger partial charge >= 0.3 is 5.97 Å². The zero-order chi connectivity index (χ0) is 7.56. The van der Waals surface area contributed by atoms with E-state index in [0.29, 0.717) is 6.61 Å². The molecule has 0 radical (unpaired) electrons. The summed E-state index contributed by atoms with van der Waals surface area (Å²) in [7, 11) is 0. The van der Waals surface area contributed by atoms with E-state index < -0.39 is 6.10 Å². The fraction of sp³-hybridized carbons (Fsp3) is 0.833. The zero-order valence-corrected chi connectivity index (χ0v) is 5.74. The molecule has 1 N–H and O–H groups in total. The summed E-state index contributed by atoms with van der Waals surface area (Å²) in [4.78, 5) is 10.7. The van der Waals surface area contributed by atoms with Crippen molar-refractivity contribution >= 4 is 5.97 Å². The van der Waals surface area contributed by atoms with E-state index in [4.69, 9.17) is 9.84 Å². The van der Waals surface area contributed by atoms with Crippen molar-refractivity contribution in [1.82, 2.24) is 0 Å². The lowest BCUT2D eigenvalue weighted by molar-refractivity contribution is -0.144. The highest BCUT2D eigenvalue weighted by Gasteiger charge is 2.45. The average molecular weight is 146 g/mol. The molecule has 2 atom stereocenters. The molecule has 4 heteroatoms. The van der Waals surface area contributed by atoms with E-state index >= 15 is 0 Å². The molecule has 1 aliphatic heterocycles. The molecule has 0 amide bonds. The zero-order valence-electron chi connectivity index (χ0n) is 5.74. The van der Waals surface area contributed by atoms with E-state index in [0.717, 1.165) is 0 Å². The average Bonchev–Trinajstić information content (AvgIpc) is 2.66. The van der Waals surface area contributed by atoms with Gasteiger partial charge < -0.3 is 14.6 Å². The maximum Gasteiger partial charge on any atom is 0.338 e. The Hall–Kier alpha value is -0.610. The van der Waals surface area contributed by atoms with E-state index in [1.807, 2.05) is 0 Å². The van der Waals surface area contributed by atoms with Crippen LogP contribution >= 0.6 is 0 Å². The molecule has 0 aromatic rings. The number of aliphatic hydroxyl groups is 1. The van der Waals surface area contributed by atoms with Gasteiger partial charge in [0.15, 0.2) is 6.10 Å². The smallest absolute Gasteiger partial charge is 0.338 e. The van der Waals surface area contributed by atoms with Gasteiger partial charge in [-0.2, -0.15) is 0 Å². The number of esters is 1. The Kier molecular flexibility index (Phi) is 2.24. The van der Waals surface area contributed by atoms with Gasteiger partial charge in [-0.05, 0) is 6.92 Å². The number of hydrogen-bond acceptors (Lipinski definition) is 4. The van der Waals surface area contributed by atoms with E-state index in [-0.39, 0.29) is 18.7 Å². The molecule has 0 saturated carbocycles. The SMILES string of the molecule is CCOC(=O)[C@@H]1O[C@H]1CO. The van der Waals surface area contributed by atoms with Gasteiger partial charge in [0.2, 0.25) is 0 Å². The van der Waals surface area contributed by atoms with Gasteiger partial charge in [0.05, 0.1) is 13.2 Å². The van der Waals surface area contributed by atoms with Crippen molar-refractivity contribution in [1.29, 1.82) is 0 Å². The Morgan fingerprint density at radius 1 is 1.80 bits per heavy atom. The summed E-state index contributed by atoms with van der Waals surface area (Å²) < 4.78 is 9.38. The van der Waals surface area contributed by atoms with Crippen LogP contribution in [0.25, 0.3) is 0 Å². The van der Waals surface area contributed by atoms with Crippen molar-refractivity contribution in [3.8, 4) is 0 Å². The fourth-order valence-corrected chi connectivity index (χ4v) is 0.713. The first-order valence-electron chi connectivity index (χ1n) is 3.22. The summed E-state index contributed by atoms with van der Waals surface area (Å²) in [6.07, 6.45) is -0.830. The second-order valence-electron chi connectivity index (χ2n) is 2.03. The molecule has 1 saturated heterocycles. The van der Waals surface area contributed by atoms with Gasteiger partial charge in [0, 0.05) is 0 Å². The highest BCUT2D eigenvalue weighted by molar-refractivity contribution is 5.77. The molecule has 1 fully saturated rings. The summed E-state index contributed by atoms with van der Waals surface area (Å²) in [5.41, 5.74) is 0. The number of carbonyl (C=O) groups excluding carboxylic acids is 1. The van der Waals surface area contributed by atoms with Crippen LogP contribution in [0.4, 0.5) is 0 Å². The Morgan fingerprint density at radius 3 is 2.90 bits per heavy atom. The maximum atomic E-state index is 10.7. The van der Waals surface area contributed by atoms with Crippen LogP contribution in [0.15, 0.2) is 0 Å². The number of ether oxygens (including phenoxy) is 2. The first-order valence-corrected chi connectivity index (χ1v) is 3.22. The van der Waals surface area contributed by atoms with E-state index in [1.165, 1.54) is 0 Å². The molecule has 4 nitrogen and oxygen atoms in total. The number of carbonyl (C=O) groups is 1. The van der Waals surface area contributed by atoms with Crippen molar-refractivity contribution in [2.45, 2.75) is 19.1 Å². The summed E-state index contributed by atoms with van der Waals surface area (Å²) in [5, 5.41) is 8.46. The van der Waals surface area contributed by atoms with Crippen LogP contribution in [-0.4, -0.2) is 36.5 Å². The predicted octanol–water partition coefficient (Wildman–Crippen LogP) is -0.691. The molecule has 0 aromatic heterocycles. The first kappa shape index (κ1) is 7.50. The third-order valence-corrected chi connectivity index (χ3v) is 1.28. The van der Waals surface area contributed by atoms with Crippen molar-refractivity contribution in [3.05, 3.63) is 0 Å². The quantitative estimate of drug-likeness (QED) is 0.423. The Balaban J connectivity index is 2.19. The number of aliphatic hydroxyl groups excluding tert-OH is 1. The molecule has 1 rings (SSSR count). The van der Waals surface area contributed by atoms with Gasteiger partial charge in [0.1, 0.15) is 6.10 Å². The second kappa shape index (κ2) is 2.98. The van der Waals surface area contributed by atoms with Crippen molar-refractivity contribution in [3.63, 3.8) is 0 Å². The normalized spacial score (nSPS) is 29.8. The molecule has 0 aromatic carbocycles. The molecule has 10 heavy (non-hydrogen) atoms. The molecule has 0 bridgehead atoms. The number of hydrogen-bond donors (Lipinski definition) is 1. The van der Waals surface area contributed by atoms with Crippen molar-refractivity contribution in [2.75, 3.05) is 13.2 Å². The third-order valence-electron chi connectivity index (χ3n) is 1.28. The van der Waals surface area contributed by atoms with Crippen LogP contribution in [0.3, 0.4) is 0 Å². The van der Waals surface area contributed by atoms with E-state index in [2.05, 4.69) is 4.74 Å². The monoisotopic (exact) mass is 146 g/mol. The Bertz CT molecular complexity index is 134. The Morgan fingerprint density at radius 2 is 2.50 bits per heavy atom. The third kappa shape index (κ3) is 1.46. The summed E-state index contributed by atoms with van der Waals surface area (Å²) in [5.74, 6) is -0.374. The molecule has 58 valence electrons. The van der Waals surface area contributed by atoms with Gasteiger partial charge in [-0.25, -0.2) is 4.79 Å². The van der Waals surface area contributed by atoms with Crippen LogP contribution < -0.4 is 0 Å². The molecule has 0 unspecified atom stereocenters. The highest BCUT2D eigenvalue weighted by Crippen LogP contribution is 2.22. The van der Waals surface area contributed by atoms with E-state index in [1.54, 1.807) is 6.92 Å². The summed E-state index contributed by atoms with van der Waals surface area (Å²) >= 11 is 0. The van der Waals surface area contributed by atoms with Gasteiger partial charge in [-0.15, -0.1) is 0 Å². The molecule has 0 spiro atoms. The molecule has 0 aliphatic carbocycles. The lowest BCUT2D eigenvalue weighted by Gasteiger charge is -1.94. The van der Waals surface area contributed by atoms with Gasteiger partial charge in [-0.1, -0.05) is 0 Å². The summed E-state index contributed by atoms with van der Waals surface area (Å²) in [6.45, 7) is 1.98. The molecule has 1 aliphatic rings. The lowest BCUT2D eigenvalue weighted by Crippen LogP contribution is -2.14. The van der Waals surface area contributed by atoms with Crippen molar-refractivity contribution in [2.24, 2.45) is 0 Å². The minimum atomic E-state index is -0.509. The molecular formula is C6H10O4. The van der Waals surface area contributed by atoms with E-state index in [9.17, 15) is 4.79 Å². The number of epoxide rings is 1. The van der Waals surface area contributed by atoms with Crippen LogP contribution in [0.1, 0.15) is 6.92 Å². The molecular weight excluding hydrogens is 136 g/mol. The van der Waals surface area contributed by atoms with Crippen LogP contribution in [-0.2, 0) is 14.3 Å². The Labute approximate surface area is 58.7 Å². The first-order chi connectivity index (χ1) is 4.79. The highest BCUT2D eigenvalue weighted by atomic mass is 16.6. The number of rotatable bonds is 3. The van der Waals surface area contributed by atoms with Crippen LogP contribution in [0.2, 0.25) is 0 Å². The minimum Gasteiger partial charge on any atom is -0.464 e. The summed E-state index contributed by atoms with van der Waals surface area (Å²) in [6, 6.07) is 0.